The number of hydrogen-bond acceptors (Lipinski definition) is 3. The minimum atomic E-state index is -0.307. The number of carbonyl (C=O) groups is 1. The highest BCUT2D eigenvalue weighted by molar-refractivity contribution is 5.97. The number of ketones is 1. The number of rotatable bonds is 3. The van der Waals surface area contributed by atoms with E-state index in [1.807, 2.05) is 0 Å². The van der Waals surface area contributed by atoms with Crippen molar-refractivity contribution >= 4 is 5.78 Å². The number of Topliss-reactive ketones (excluding diaryl/α,β-unsaturated/α-hetero) is 1. The number of nitrogens with zero attached hydrogens (tertiary/aromatic N) is 1. The highest BCUT2D eigenvalue weighted by atomic mass is 19.1. The van der Waals surface area contributed by atoms with Gasteiger partial charge in [0.15, 0.2) is 5.78 Å². The lowest BCUT2D eigenvalue weighted by atomic mass is 10.1. The molecular weight excluding hydrogens is 207 g/mol. The predicted molar refractivity (Wildman–Crippen MR) is 60.0 cm³/mol. The Morgan fingerprint density at radius 2 is 1.88 bits per heavy atom. The lowest BCUT2D eigenvalue weighted by Crippen LogP contribution is -2.45. The first-order chi connectivity index (χ1) is 7.75. The van der Waals surface area contributed by atoms with E-state index >= 15 is 0 Å². The molecule has 1 aromatic rings. The summed E-state index contributed by atoms with van der Waals surface area (Å²) in [5.74, 6) is -0.249. The first-order valence-electron chi connectivity index (χ1n) is 5.47. The van der Waals surface area contributed by atoms with Crippen LogP contribution in [0.3, 0.4) is 0 Å². The summed E-state index contributed by atoms with van der Waals surface area (Å²) < 4.78 is 12.7. The minimum Gasteiger partial charge on any atom is -0.314 e. The van der Waals surface area contributed by atoms with Gasteiger partial charge in [0.05, 0.1) is 6.54 Å². The molecule has 1 heterocycles. The summed E-state index contributed by atoms with van der Waals surface area (Å²) in [7, 11) is 0. The number of carbonyl (C=O) groups excluding carboxylic acids is 1. The van der Waals surface area contributed by atoms with E-state index in [0.29, 0.717) is 12.1 Å². The standard InChI is InChI=1S/C12H15FN2O/c13-11-3-1-10(2-4-11)12(16)9-15-7-5-14-6-8-15/h1-4,14H,5-9H2. The molecule has 4 heteroatoms. The summed E-state index contributed by atoms with van der Waals surface area (Å²) in [5.41, 5.74) is 0.583. The summed E-state index contributed by atoms with van der Waals surface area (Å²) in [5, 5.41) is 3.23. The molecule has 0 bridgehead atoms. The average molecular weight is 222 g/mol. The lowest BCUT2D eigenvalue weighted by Gasteiger charge is -2.26. The fourth-order valence-electron chi connectivity index (χ4n) is 1.80. The van der Waals surface area contributed by atoms with Crippen molar-refractivity contribution in [2.24, 2.45) is 0 Å². The zero-order chi connectivity index (χ0) is 11.4. The van der Waals surface area contributed by atoms with Crippen molar-refractivity contribution in [3.05, 3.63) is 35.6 Å². The van der Waals surface area contributed by atoms with E-state index in [2.05, 4.69) is 10.2 Å². The molecule has 0 saturated carbocycles. The molecule has 1 aromatic carbocycles. The van der Waals surface area contributed by atoms with E-state index in [9.17, 15) is 9.18 Å². The number of piperazine rings is 1. The van der Waals surface area contributed by atoms with E-state index < -0.39 is 0 Å². The fraction of sp³-hybridized carbons (Fsp3) is 0.417. The molecule has 1 N–H and O–H groups in total. The Bertz CT molecular complexity index is 358. The Morgan fingerprint density at radius 1 is 1.25 bits per heavy atom. The van der Waals surface area contributed by atoms with Crippen LogP contribution in [-0.2, 0) is 0 Å². The SMILES string of the molecule is O=C(CN1CCNCC1)c1ccc(F)cc1. The summed E-state index contributed by atoms with van der Waals surface area (Å²) in [4.78, 5) is 14.0. The molecule has 1 fully saturated rings. The van der Waals surface area contributed by atoms with Crippen molar-refractivity contribution in [1.82, 2.24) is 10.2 Å². The zero-order valence-corrected chi connectivity index (χ0v) is 9.08. The van der Waals surface area contributed by atoms with Crippen LogP contribution in [0.2, 0.25) is 0 Å². The Kier molecular flexibility index (Phi) is 3.64. The van der Waals surface area contributed by atoms with E-state index in [1.54, 1.807) is 12.1 Å². The van der Waals surface area contributed by atoms with Gasteiger partial charge in [-0.1, -0.05) is 0 Å². The van der Waals surface area contributed by atoms with Crippen LogP contribution in [0.15, 0.2) is 24.3 Å². The monoisotopic (exact) mass is 222 g/mol. The number of benzene rings is 1. The van der Waals surface area contributed by atoms with Gasteiger partial charge in [0.2, 0.25) is 0 Å². The van der Waals surface area contributed by atoms with Gasteiger partial charge in [-0.3, -0.25) is 9.69 Å². The Balaban J connectivity index is 1.94. The van der Waals surface area contributed by atoms with Gasteiger partial charge in [-0.2, -0.15) is 0 Å². The Labute approximate surface area is 94.3 Å². The third-order valence-corrected chi connectivity index (χ3v) is 2.74. The number of halogens is 1. The molecule has 0 atom stereocenters. The molecule has 16 heavy (non-hydrogen) atoms. The largest absolute Gasteiger partial charge is 0.314 e. The van der Waals surface area contributed by atoms with Crippen molar-refractivity contribution in [1.29, 1.82) is 0 Å². The maximum absolute atomic E-state index is 12.7. The molecule has 0 radical (unpaired) electrons. The van der Waals surface area contributed by atoms with Crippen molar-refractivity contribution in [3.63, 3.8) is 0 Å². The van der Waals surface area contributed by atoms with Crippen LogP contribution in [-0.4, -0.2) is 43.4 Å². The molecular formula is C12H15FN2O. The Hall–Kier alpha value is -1.26. The molecule has 0 amide bonds. The lowest BCUT2D eigenvalue weighted by molar-refractivity contribution is 0.0921. The van der Waals surface area contributed by atoms with Crippen molar-refractivity contribution in [2.45, 2.75) is 0 Å². The highest BCUT2D eigenvalue weighted by Gasteiger charge is 2.14. The molecule has 1 aliphatic rings. The average Bonchev–Trinajstić information content (AvgIpc) is 2.31. The van der Waals surface area contributed by atoms with E-state index in [-0.39, 0.29) is 11.6 Å². The second-order valence-corrected chi connectivity index (χ2v) is 3.96. The molecule has 0 unspecified atom stereocenters. The van der Waals surface area contributed by atoms with Crippen LogP contribution < -0.4 is 5.32 Å². The van der Waals surface area contributed by atoms with Gasteiger partial charge < -0.3 is 5.32 Å². The van der Waals surface area contributed by atoms with Crippen molar-refractivity contribution in [3.8, 4) is 0 Å². The topological polar surface area (TPSA) is 32.3 Å². The quantitative estimate of drug-likeness (QED) is 0.772. The van der Waals surface area contributed by atoms with Gasteiger partial charge in [0, 0.05) is 31.7 Å². The van der Waals surface area contributed by atoms with Gasteiger partial charge in [0.1, 0.15) is 5.82 Å². The number of nitrogens with one attached hydrogen (secondary N) is 1. The normalized spacial score (nSPS) is 17.3. The smallest absolute Gasteiger partial charge is 0.176 e. The summed E-state index contributed by atoms with van der Waals surface area (Å²) in [6.45, 7) is 4.07. The van der Waals surface area contributed by atoms with E-state index in [4.69, 9.17) is 0 Å². The van der Waals surface area contributed by atoms with Gasteiger partial charge in [-0.25, -0.2) is 4.39 Å². The third-order valence-electron chi connectivity index (χ3n) is 2.74. The van der Waals surface area contributed by atoms with Crippen LogP contribution in [0, 0.1) is 5.82 Å². The first kappa shape index (κ1) is 11.2. The zero-order valence-electron chi connectivity index (χ0n) is 9.08. The second kappa shape index (κ2) is 5.18. The summed E-state index contributed by atoms with van der Waals surface area (Å²) in [6.07, 6.45) is 0. The fourth-order valence-corrected chi connectivity index (χ4v) is 1.80. The molecule has 86 valence electrons. The molecule has 0 spiro atoms. The van der Waals surface area contributed by atoms with E-state index in [1.165, 1.54) is 12.1 Å². The molecule has 0 aromatic heterocycles. The van der Waals surface area contributed by atoms with Gasteiger partial charge in [-0.05, 0) is 24.3 Å². The molecule has 1 saturated heterocycles. The van der Waals surface area contributed by atoms with Crippen LogP contribution in [0.25, 0.3) is 0 Å². The van der Waals surface area contributed by atoms with Gasteiger partial charge in [0.25, 0.3) is 0 Å². The predicted octanol–water partition coefficient (Wildman–Crippen LogP) is 0.914. The van der Waals surface area contributed by atoms with Gasteiger partial charge in [-0.15, -0.1) is 0 Å². The summed E-state index contributed by atoms with van der Waals surface area (Å²) >= 11 is 0. The Morgan fingerprint density at radius 3 is 2.50 bits per heavy atom. The maximum Gasteiger partial charge on any atom is 0.176 e. The second-order valence-electron chi connectivity index (χ2n) is 3.96. The molecule has 2 rings (SSSR count). The van der Waals surface area contributed by atoms with Gasteiger partial charge >= 0.3 is 0 Å². The first-order valence-corrected chi connectivity index (χ1v) is 5.47. The highest BCUT2D eigenvalue weighted by Crippen LogP contribution is 2.05. The van der Waals surface area contributed by atoms with Crippen LogP contribution in [0.1, 0.15) is 10.4 Å². The molecule has 0 aliphatic carbocycles. The third kappa shape index (κ3) is 2.87. The van der Waals surface area contributed by atoms with E-state index in [0.717, 1.165) is 26.2 Å². The summed E-state index contributed by atoms with van der Waals surface area (Å²) in [6, 6.07) is 5.73. The number of hydrogen-bond donors (Lipinski definition) is 1. The maximum atomic E-state index is 12.7. The van der Waals surface area contributed by atoms with Crippen LogP contribution >= 0.6 is 0 Å². The molecule has 3 nitrogen and oxygen atoms in total. The van der Waals surface area contributed by atoms with Crippen molar-refractivity contribution in [2.75, 3.05) is 32.7 Å². The minimum absolute atomic E-state index is 0.0573. The van der Waals surface area contributed by atoms with Crippen LogP contribution in [0.5, 0.6) is 0 Å². The molecule has 1 aliphatic heterocycles. The van der Waals surface area contributed by atoms with Crippen molar-refractivity contribution < 1.29 is 9.18 Å². The van der Waals surface area contributed by atoms with Crippen LogP contribution in [0.4, 0.5) is 4.39 Å².